The van der Waals surface area contributed by atoms with Crippen molar-refractivity contribution in [2.75, 3.05) is 7.11 Å². The predicted octanol–water partition coefficient (Wildman–Crippen LogP) is 3.56. The van der Waals surface area contributed by atoms with Crippen molar-refractivity contribution in [2.45, 2.75) is 38.3 Å². The Morgan fingerprint density at radius 3 is 2.74 bits per heavy atom. The molecule has 2 N–H and O–H groups in total. The van der Waals surface area contributed by atoms with E-state index in [1.165, 1.54) is 32.0 Å². The number of amides is 1. The van der Waals surface area contributed by atoms with Crippen molar-refractivity contribution >= 4 is 17.5 Å². The van der Waals surface area contributed by atoms with E-state index in [0.29, 0.717) is 11.6 Å². The summed E-state index contributed by atoms with van der Waals surface area (Å²) >= 11 is 6.16. The minimum atomic E-state index is -0.886. The molecule has 1 aliphatic carbocycles. The number of methoxy groups -OCH3 is 1. The van der Waals surface area contributed by atoms with Crippen LogP contribution in [0.1, 0.15) is 42.5 Å². The maximum Gasteiger partial charge on any atom is 0.254 e. The number of hydrogen-bond acceptors (Lipinski definition) is 6. The quantitative estimate of drug-likeness (QED) is 0.731. The summed E-state index contributed by atoms with van der Waals surface area (Å²) in [5.41, 5.74) is 0.222. The van der Waals surface area contributed by atoms with Crippen molar-refractivity contribution in [3.05, 3.63) is 41.2 Å². The van der Waals surface area contributed by atoms with E-state index in [-0.39, 0.29) is 22.4 Å². The molecule has 1 amide bonds. The first kappa shape index (κ1) is 19.4. The fourth-order valence-corrected chi connectivity index (χ4v) is 3.32. The Balaban J connectivity index is 1.71. The first-order valence-corrected chi connectivity index (χ1v) is 9.27. The maximum absolute atomic E-state index is 12.6. The second kappa shape index (κ2) is 9.01. The van der Waals surface area contributed by atoms with Crippen molar-refractivity contribution in [1.29, 1.82) is 0 Å². The van der Waals surface area contributed by atoms with Crippen molar-refractivity contribution < 1.29 is 19.4 Å². The van der Waals surface area contributed by atoms with Crippen LogP contribution in [0.3, 0.4) is 0 Å². The summed E-state index contributed by atoms with van der Waals surface area (Å²) in [6.45, 7) is 0. The largest absolute Gasteiger partial charge is 0.480 e. The highest BCUT2D eigenvalue weighted by Gasteiger charge is 2.24. The number of aromatic nitrogens is 2. The van der Waals surface area contributed by atoms with Gasteiger partial charge >= 0.3 is 0 Å². The van der Waals surface area contributed by atoms with Gasteiger partial charge < -0.3 is 19.9 Å². The van der Waals surface area contributed by atoms with Crippen LogP contribution in [0.5, 0.6) is 17.5 Å². The highest BCUT2D eigenvalue weighted by molar-refractivity contribution is 6.33. The number of ether oxygens (including phenoxy) is 2. The normalized spacial score (nSPS) is 15.8. The number of carbonyl (C=O) groups is 1. The zero-order chi connectivity index (χ0) is 19.2. The van der Waals surface area contributed by atoms with Gasteiger partial charge in [0.25, 0.3) is 5.91 Å². The Bertz CT molecular complexity index is 796. The van der Waals surface area contributed by atoms with Gasteiger partial charge in [0.1, 0.15) is 12.0 Å². The van der Waals surface area contributed by atoms with Crippen LogP contribution >= 0.6 is 11.6 Å². The smallest absolute Gasteiger partial charge is 0.254 e. The number of nitrogens with one attached hydrogen (secondary N) is 1. The second-order valence-corrected chi connectivity index (χ2v) is 6.87. The van der Waals surface area contributed by atoms with Crippen LogP contribution in [0.15, 0.2) is 30.6 Å². The van der Waals surface area contributed by atoms with Crippen molar-refractivity contribution in [1.82, 2.24) is 15.3 Å². The van der Waals surface area contributed by atoms with Crippen LogP contribution in [0.25, 0.3) is 0 Å². The molecule has 144 valence electrons. The van der Waals surface area contributed by atoms with E-state index in [0.717, 1.165) is 25.7 Å². The van der Waals surface area contributed by atoms with Crippen LogP contribution < -0.4 is 14.8 Å². The Morgan fingerprint density at radius 1 is 1.26 bits per heavy atom. The van der Waals surface area contributed by atoms with Gasteiger partial charge in [0.15, 0.2) is 0 Å². The van der Waals surface area contributed by atoms with Gasteiger partial charge in [0.2, 0.25) is 11.8 Å². The highest BCUT2D eigenvalue weighted by atomic mass is 35.5. The summed E-state index contributed by atoms with van der Waals surface area (Å²) in [6.07, 6.45) is 7.15. The number of carbonyl (C=O) groups excluding carboxylic acids is 1. The van der Waals surface area contributed by atoms with E-state index in [9.17, 15) is 9.90 Å². The number of benzene rings is 1. The summed E-state index contributed by atoms with van der Waals surface area (Å²) in [5, 5.41) is 13.2. The highest BCUT2D eigenvalue weighted by Crippen LogP contribution is 2.28. The topological polar surface area (TPSA) is 93.6 Å². The average molecular weight is 392 g/mol. The van der Waals surface area contributed by atoms with Crippen LogP contribution in [-0.4, -0.2) is 34.3 Å². The van der Waals surface area contributed by atoms with E-state index in [1.54, 1.807) is 12.1 Å². The SMILES string of the molecule is COc1cncc(Oc2ccc(Cl)c(C(=O)NC(O)C3CCCCC3)c2)n1. The third-order valence-electron chi connectivity index (χ3n) is 4.58. The number of nitrogens with zero attached hydrogens (tertiary/aromatic N) is 2. The molecule has 27 heavy (non-hydrogen) atoms. The van der Waals surface area contributed by atoms with E-state index < -0.39 is 12.1 Å². The molecule has 1 unspecified atom stereocenters. The monoisotopic (exact) mass is 391 g/mol. The summed E-state index contributed by atoms with van der Waals surface area (Å²) in [6, 6.07) is 4.69. The first-order chi connectivity index (χ1) is 13.1. The number of aliphatic hydroxyl groups excluding tert-OH is 1. The molecule has 1 fully saturated rings. The molecule has 3 rings (SSSR count). The molecular formula is C19H22ClN3O4. The van der Waals surface area contributed by atoms with Gasteiger partial charge in [-0.1, -0.05) is 30.9 Å². The molecule has 0 saturated heterocycles. The summed E-state index contributed by atoms with van der Waals surface area (Å²) in [5.74, 6) is 0.549. The third-order valence-corrected chi connectivity index (χ3v) is 4.91. The maximum atomic E-state index is 12.6. The number of hydrogen-bond donors (Lipinski definition) is 2. The minimum absolute atomic E-state index is 0.0768. The van der Waals surface area contributed by atoms with Gasteiger partial charge in [-0.3, -0.25) is 9.78 Å². The Hall–Kier alpha value is -2.38. The first-order valence-electron chi connectivity index (χ1n) is 8.89. The molecule has 1 saturated carbocycles. The summed E-state index contributed by atoms with van der Waals surface area (Å²) in [7, 11) is 1.48. The van der Waals surface area contributed by atoms with Crippen LogP contribution in [-0.2, 0) is 0 Å². The van der Waals surface area contributed by atoms with E-state index in [4.69, 9.17) is 21.1 Å². The number of rotatable bonds is 6. The van der Waals surface area contributed by atoms with Crippen LogP contribution in [0, 0.1) is 5.92 Å². The van der Waals surface area contributed by atoms with Crippen LogP contribution in [0.4, 0.5) is 0 Å². The number of aliphatic hydroxyl groups is 1. The summed E-state index contributed by atoms with van der Waals surface area (Å²) < 4.78 is 10.6. The van der Waals surface area contributed by atoms with E-state index in [1.807, 2.05) is 0 Å². The standard InChI is InChI=1S/C19H22ClN3O4/c1-26-16-10-21-11-17(22-16)27-13-7-8-15(20)14(9-13)19(25)23-18(24)12-5-3-2-4-6-12/h7-12,18,24H,2-6H2,1H3,(H,23,25). The molecular weight excluding hydrogens is 370 g/mol. The molecule has 7 nitrogen and oxygen atoms in total. The molecule has 0 aliphatic heterocycles. The lowest BCUT2D eigenvalue weighted by atomic mass is 9.88. The molecule has 1 aromatic carbocycles. The average Bonchev–Trinajstić information content (AvgIpc) is 2.70. The fourth-order valence-electron chi connectivity index (χ4n) is 3.12. The minimum Gasteiger partial charge on any atom is -0.480 e. The van der Waals surface area contributed by atoms with Gasteiger partial charge in [0, 0.05) is 5.92 Å². The van der Waals surface area contributed by atoms with E-state index >= 15 is 0 Å². The molecule has 8 heteroatoms. The predicted molar refractivity (Wildman–Crippen MR) is 100 cm³/mol. The molecule has 0 bridgehead atoms. The molecule has 2 aromatic rings. The summed E-state index contributed by atoms with van der Waals surface area (Å²) in [4.78, 5) is 20.6. The van der Waals surface area contributed by atoms with Crippen molar-refractivity contribution in [2.24, 2.45) is 5.92 Å². The van der Waals surface area contributed by atoms with Crippen LogP contribution in [0.2, 0.25) is 5.02 Å². The molecule has 1 heterocycles. The Kier molecular flexibility index (Phi) is 6.47. The van der Waals surface area contributed by atoms with Gasteiger partial charge in [-0.15, -0.1) is 0 Å². The zero-order valence-electron chi connectivity index (χ0n) is 15.0. The number of halogens is 1. The van der Waals surface area contributed by atoms with Gasteiger partial charge in [-0.25, -0.2) is 0 Å². The van der Waals surface area contributed by atoms with E-state index in [2.05, 4.69) is 15.3 Å². The Labute approximate surface area is 162 Å². The second-order valence-electron chi connectivity index (χ2n) is 6.46. The molecule has 1 aromatic heterocycles. The lowest BCUT2D eigenvalue weighted by Gasteiger charge is -2.27. The fraction of sp³-hybridized carbons (Fsp3) is 0.421. The van der Waals surface area contributed by atoms with Gasteiger partial charge in [0.05, 0.1) is 30.1 Å². The lowest BCUT2D eigenvalue weighted by Crippen LogP contribution is -2.41. The Morgan fingerprint density at radius 2 is 2.00 bits per heavy atom. The lowest BCUT2D eigenvalue weighted by molar-refractivity contribution is 0.0463. The molecule has 0 spiro atoms. The van der Waals surface area contributed by atoms with Gasteiger partial charge in [-0.2, -0.15) is 4.98 Å². The van der Waals surface area contributed by atoms with Gasteiger partial charge in [-0.05, 0) is 31.0 Å². The van der Waals surface area contributed by atoms with Crippen molar-refractivity contribution in [3.8, 4) is 17.5 Å². The van der Waals surface area contributed by atoms with Crippen molar-refractivity contribution in [3.63, 3.8) is 0 Å². The molecule has 0 radical (unpaired) electrons. The third kappa shape index (κ3) is 5.08. The molecule has 1 aliphatic rings. The zero-order valence-corrected chi connectivity index (χ0v) is 15.8. The molecule has 1 atom stereocenters.